The highest BCUT2D eigenvalue weighted by molar-refractivity contribution is 6.31. The minimum Gasteiger partial charge on any atom is -0.365 e. The minimum absolute atomic E-state index is 0.460. The number of nitrogens with zero attached hydrogens (tertiary/aromatic N) is 1. The Labute approximate surface area is 131 Å². The number of rotatable bonds is 2. The van der Waals surface area contributed by atoms with Crippen molar-refractivity contribution < 1.29 is 0 Å². The van der Waals surface area contributed by atoms with E-state index in [2.05, 4.69) is 60.5 Å². The van der Waals surface area contributed by atoms with Crippen LogP contribution < -0.4 is 10.2 Å². The average molecular weight is 301 g/mol. The van der Waals surface area contributed by atoms with Gasteiger partial charge in [0.1, 0.15) is 0 Å². The van der Waals surface area contributed by atoms with Crippen molar-refractivity contribution in [3.8, 4) is 0 Å². The number of aryl methyl sites for hydroxylation is 1. The molecule has 3 rings (SSSR count). The number of nitrogens with one attached hydrogen (secondary N) is 1. The molecule has 1 N–H and O–H groups in total. The molecule has 0 saturated heterocycles. The zero-order valence-electron chi connectivity index (χ0n) is 12.6. The molecule has 0 saturated carbocycles. The monoisotopic (exact) mass is 300 g/mol. The van der Waals surface area contributed by atoms with Crippen LogP contribution in [0.1, 0.15) is 23.6 Å². The lowest BCUT2D eigenvalue weighted by Crippen LogP contribution is -2.35. The van der Waals surface area contributed by atoms with Crippen LogP contribution in [0, 0.1) is 6.92 Å². The van der Waals surface area contributed by atoms with Gasteiger partial charge in [0.2, 0.25) is 0 Å². The van der Waals surface area contributed by atoms with Gasteiger partial charge in [-0.2, -0.15) is 0 Å². The summed E-state index contributed by atoms with van der Waals surface area (Å²) in [5.74, 6) is 0. The van der Waals surface area contributed by atoms with Crippen LogP contribution in [0.15, 0.2) is 42.5 Å². The van der Waals surface area contributed by atoms with E-state index in [-0.39, 0.29) is 0 Å². The number of halogens is 1. The van der Waals surface area contributed by atoms with E-state index < -0.39 is 0 Å². The average Bonchev–Trinajstić information content (AvgIpc) is 2.62. The molecule has 1 aliphatic heterocycles. The van der Waals surface area contributed by atoms with Crippen LogP contribution in [0.4, 0.5) is 5.69 Å². The van der Waals surface area contributed by atoms with E-state index >= 15 is 0 Å². The molecule has 1 unspecified atom stereocenters. The van der Waals surface area contributed by atoms with Crippen LogP contribution in [0.3, 0.4) is 0 Å². The van der Waals surface area contributed by atoms with E-state index in [0.29, 0.717) is 6.04 Å². The van der Waals surface area contributed by atoms with Crippen LogP contribution in [-0.4, -0.2) is 12.6 Å². The molecular formula is C18H21ClN2. The fourth-order valence-electron chi connectivity index (χ4n) is 2.88. The van der Waals surface area contributed by atoms with Crippen LogP contribution in [0.2, 0.25) is 5.02 Å². The summed E-state index contributed by atoms with van der Waals surface area (Å²) in [7, 11) is 0. The third kappa shape index (κ3) is 3.22. The van der Waals surface area contributed by atoms with E-state index in [1.54, 1.807) is 0 Å². The smallest absolute Gasteiger partial charge is 0.0458 e. The first-order valence-corrected chi connectivity index (χ1v) is 7.82. The molecule has 2 aromatic rings. The SMILES string of the molecule is Cc1ccc(CN2CC(C)NCc3ccccc32)c(Cl)c1. The van der Waals surface area contributed by atoms with Crippen molar-refractivity contribution in [2.45, 2.75) is 33.0 Å². The number of benzene rings is 2. The third-order valence-electron chi connectivity index (χ3n) is 4.04. The molecule has 2 aromatic carbocycles. The van der Waals surface area contributed by atoms with Gasteiger partial charge in [0.15, 0.2) is 0 Å². The molecule has 0 aliphatic carbocycles. The predicted octanol–water partition coefficient (Wildman–Crippen LogP) is 4.15. The lowest BCUT2D eigenvalue weighted by molar-refractivity contribution is 0.552. The standard InChI is InChI=1S/C18H21ClN2/c1-13-7-8-16(17(19)9-13)12-21-11-14(2)20-10-15-5-3-4-6-18(15)21/h3-9,14,20H,10-12H2,1-2H3. The van der Waals surface area contributed by atoms with E-state index in [1.807, 2.05) is 6.07 Å². The normalized spacial score (nSPS) is 18.2. The summed E-state index contributed by atoms with van der Waals surface area (Å²) in [6.07, 6.45) is 0. The van der Waals surface area contributed by atoms with Gasteiger partial charge in [0.05, 0.1) is 0 Å². The maximum absolute atomic E-state index is 6.41. The second kappa shape index (κ2) is 6.08. The maximum Gasteiger partial charge on any atom is 0.0458 e. The van der Waals surface area contributed by atoms with Crippen molar-refractivity contribution in [2.24, 2.45) is 0 Å². The quantitative estimate of drug-likeness (QED) is 0.896. The van der Waals surface area contributed by atoms with Crippen molar-refractivity contribution in [2.75, 3.05) is 11.4 Å². The largest absolute Gasteiger partial charge is 0.365 e. The van der Waals surface area contributed by atoms with Crippen molar-refractivity contribution in [3.63, 3.8) is 0 Å². The van der Waals surface area contributed by atoms with Crippen molar-refractivity contribution in [3.05, 3.63) is 64.2 Å². The molecule has 1 atom stereocenters. The van der Waals surface area contributed by atoms with Crippen LogP contribution >= 0.6 is 11.6 Å². The first-order chi connectivity index (χ1) is 10.1. The van der Waals surface area contributed by atoms with Gasteiger partial charge < -0.3 is 10.2 Å². The van der Waals surface area contributed by atoms with Gasteiger partial charge in [0, 0.05) is 36.4 Å². The lowest BCUT2D eigenvalue weighted by atomic mass is 10.1. The summed E-state index contributed by atoms with van der Waals surface area (Å²) in [5.41, 5.74) is 5.05. The Morgan fingerprint density at radius 1 is 1.24 bits per heavy atom. The Balaban J connectivity index is 1.92. The van der Waals surface area contributed by atoms with E-state index in [4.69, 9.17) is 11.6 Å². The molecule has 110 valence electrons. The molecule has 2 nitrogen and oxygen atoms in total. The molecule has 1 aliphatic rings. The fourth-order valence-corrected chi connectivity index (χ4v) is 3.18. The summed E-state index contributed by atoms with van der Waals surface area (Å²) < 4.78 is 0. The lowest BCUT2D eigenvalue weighted by Gasteiger charge is -2.27. The van der Waals surface area contributed by atoms with E-state index in [1.165, 1.54) is 22.4 Å². The molecule has 1 heterocycles. The van der Waals surface area contributed by atoms with Gasteiger partial charge in [-0.05, 0) is 42.7 Å². The van der Waals surface area contributed by atoms with Gasteiger partial charge >= 0.3 is 0 Å². The maximum atomic E-state index is 6.41. The fraction of sp³-hybridized carbons (Fsp3) is 0.333. The molecular weight excluding hydrogens is 280 g/mol. The van der Waals surface area contributed by atoms with Gasteiger partial charge in [-0.3, -0.25) is 0 Å². The number of fused-ring (bicyclic) bond motifs is 1. The number of hydrogen-bond donors (Lipinski definition) is 1. The van der Waals surface area contributed by atoms with E-state index in [9.17, 15) is 0 Å². The van der Waals surface area contributed by atoms with Crippen LogP contribution in [0.5, 0.6) is 0 Å². The highest BCUT2D eigenvalue weighted by Gasteiger charge is 2.19. The zero-order valence-corrected chi connectivity index (χ0v) is 13.3. The summed E-state index contributed by atoms with van der Waals surface area (Å²) in [5, 5.41) is 4.42. The van der Waals surface area contributed by atoms with Crippen LogP contribution in [-0.2, 0) is 13.1 Å². The summed E-state index contributed by atoms with van der Waals surface area (Å²) in [6.45, 7) is 7.07. The zero-order chi connectivity index (χ0) is 14.8. The second-order valence-corrected chi connectivity index (χ2v) is 6.29. The van der Waals surface area contributed by atoms with Crippen molar-refractivity contribution in [1.82, 2.24) is 5.32 Å². The Bertz CT molecular complexity index is 639. The minimum atomic E-state index is 0.460. The van der Waals surface area contributed by atoms with Crippen LogP contribution in [0.25, 0.3) is 0 Å². The molecule has 3 heteroatoms. The Hall–Kier alpha value is -1.51. The number of hydrogen-bond acceptors (Lipinski definition) is 2. The molecule has 21 heavy (non-hydrogen) atoms. The molecule has 0 radical (unpaired) electrons. The Morgan fingerprint density at radius 2 is 2.05 bits per heavy atom. The first-order valence-electron chi connectivity index (χ1n) is 7.45. The van der Waals surface area contributed by atoms with Crippen molar-refractivity contribution >= 4 is 17.3 Å². The third-order valence-corrected chi connectivity index (χ3v) is 4.39. The Kier molecular flexibility index (Phi) is 4.18. The highest BCUT2D eigenvalue weighted by Crippen LogP contribution is 2.27. The molecule has 0 aromatic heterocycles. The molecule has 0 fully saturated rings. The Morgan fingerprint density at radius 3 is 2.86 bits per heavy atom. The first kappa shape index (κ1) is 14.4. The van der Waals surface area contributed by atoms with Gasteiger partial charge in [0.25, 0.3) is 0 Å². The predicted molar refractivity (Wildman–Crippen MR) is 90.0 cm³/mol. The summed E-state index contributed by atoms with van der Waals surface area (Å²) in [6, 6.07) is 15.4. The van der Waals surface area contributed by atoms with Crippen molar-refractivity contribution in [1.29, 1.82) is 0 Å². The molecule has 0 bridgehead atoms. The summed E-state index contributed by atoms with van der Waals surface area (Å²) in [4.78, 5) is 2.43. The number of anilines is 1. The van der Waals surface area contributed by atoms with Gasteiger partial charge in [-0.1, -0.05) is 41.9 Å². The second-order valence-electron chi connectivity index (χ2n) is 5.89. The highest BCUT2D eigenvalue weighted by atomic mass is 35.5. The van der Waals surface area contributed by atoms with E-state index in [0.717, 1.165) is 24.7 Å². The van der Waals surface area contributed by atoms with Gasteiger partial charge in [-0.15, -0.1) is 0 Å². The number of para-hydroxylation sites is 1. The molecule has 0 spiro atoms. The van der Waals surface area contributed by atoms with Gasteiger partial charge in [-0.25, -0.2) is 0 Å². The summed E-state index contributed by atoms with van der Waals surface area (Å²) >= 11 is 6.41. The molecule has 0 amide bonds. The topological polar surface area (TPSA) is 15.3 Å².